The monoisotopic (exact) mass is 436 g/mol. The minimum Gasteiger partial charge on any atom is -0.497 e. The van der Waals surface area contributed by atoms with Crippen LogP contribution in [0.4, 0.5) is 0 Å². The molecule has 0 aliphatic rings. The smallest absolute Gasteiger partial charge is 0.338 e. The first kappa shape index (κ1) is 25.4. The molecule has 1 atom stereocenters. The summed E-state index contributed by atoms with van der Waals surface area (Å²) in [6.07, 6.45) is 2.64. The van der Waals surface area contributed by atoms with Gasteiger partial charge in [0.05, 0.1) is 30.8 Å². The molecule has 1 unspecified atom stereocenters. The molecule has 0 saturated carbocycles. The number of nitriles is 1. The number of carbonyl (C=O) groups excluding carboxylic acids is 1. The molecule has 2 aromatic carbocycles. The number of esters is 1. The highest BCUT2D eigenvalue weighted by Gasteiger charge is 2.35. The Bertz CT molecular complexity index is 902. The number of carbonyl (C=O) groups is 1. The maximum Gasteiger partial charge on any atom is 0.338 e. The van der Waals surface area contributed by atoms with E-state index >= 15 is 0 Å². The Morgan fingerprint density at radius 1 is 1.16 bits per heavy atom. The highest BCUT2D eigenvalue weighted by molar-refractivity contribution is 5.89. The van der Waals surface area contributed by atoms with Gasteiger partial charge in [-0.3, -0.25) is 0 Å². The molecule has 0 saturated heterocycles. The molecule has 0 heterocycles. The third-order valence-electron chi connectivity index (χ3n) is 6.13. The topological polar surface area (TPSA) is 62.6 Å². The van der Waals surface area contributed by atoms with E-state index in [1.807, 2.05) is 48.5 Å². The van der Waals surface area contributed by atoms with E-state index in [0.717, 1.165) is 43.7 Å². The molecule has 2 aromatic rings. The van der Waals surface area contributed by atoms with Gasteiger partial charge in [-0.2, -0.15) is 5.26 Å². The molecule has 5 heteroatoms. The van der Waals surface area contributed by atoms with Gasteiger partial charge in [-0.25, -0.2) is 4.79 Å². The summed E-state index contributed by atoms with van der Waals surface area (Å²) in [6, 6.07) is 18.2. The van der Waals surface area contributed by atoms with Crippen LogP contribution in [0, 0.1) is 17.2 Å². The van der Waals surface area contributed by atoms with Crippen LogP contribution >= 0.6 is 0 Å². The van der Waals surface area contributed by atoms with Crippen LogP contribution in [0.1, 0.15) is 55.1 Å². The van der Waals surface area contributed by atoms with Crippen LogP contribution in [0.3, 0.4) is 0 Å². The van der Waals surface area contributed by atoms with Crippen molar-refractivity contribution < 1.29 is 14.3 Å². The highest BCUT2D eigenvalue weighted by Crippen LogP contribution is 2.37. The van der Waals surface area contributed by atoms with Crippen LogP contribution in [0.2, 0.25) is 0 Å². The number of ether oxygens (including phenoxy) is 2. The van der Waals surface area contributed by atoms with E-state index in [-0.39, 0.29) is 11.9 Å². The Kier molecular flexibility index (Phi) is 9.74. The molecule has 0 radical (unpaired) electrons. The summed E-state index contributed by atoms with van der Waals surface area (Å²) in [5.74, 6) is 0.704. The summed E-state index contributed by atoms with van der Waals surface area (Å²) in [5.41, 5.74) is 2.27. The van der Waals surface area contributed by atoms with Gasteiger partial charge >= 0.3 is 5.97 Å². The van der Waals surface area contributed by atoms with Crippen molar-refractivity contribution in [3.05, 3.63) is 65.2 Å². The molecule has 2 rings (SSSR count). The van der Waals surface area contributed by atoms with Crippen molar-refractivity contribution in [3.8, 4) is 11.8 Å². The second kappa shape index (κ2) is 12.3. The molecule has 0 bridgehead atoms. The summed E-state index contributed by atoms with van der Waals surface area (Å²) >= 11 is 0. The summed E-state index contributed by atoms with van der Waals surface area (Å²) in [4.78, 5) is 14.1. The van der Waals surface area contributed by atoms with Gasteiger partial charge in [-0.15, -0.1) is 0 Å². The van der Waals surface area contributed by atoms with Crippen LogP contribution in [-0.2, 0) is 16.6 Å². The molecule has 32 heavy (non-hydrogen) atoms. The van der Waals surface area contributed by atoms with Crippen molar-refractivity contribution in [2.45, 2.75) is 45.4 Å². The van der Waals surface area contributed by atoms with Crippen LogP contribution in [0.25, 0.3) is 0 Å². The Balaban J connectivity index is 1.91. The minimum absolute atomic E-state index is 0.197. The Hall–Kier alpha value is -2.84. The molecule has 0 aliphatic carbocycles. The van der Waals surface area contributed by atoms with Crippen molar-refractivity contribution in [2.24, 2.45) is 5.92 Å². The zero-order valence-corrected chi connectivity index (χ0v) is 20.1. The van der Waals surface area contributed by atoms with Crippen molar-refractivity contribution >= 4 is 5.97 Å². The summed E-state index contributed by atoms with van der Waals surface area (Å²) in [5, 5.41) is 10.1. The van der Waals surface area contributed by atoms with Crippen molar-refractivity contribution in [2.75, 3.05) is 33.9 Å². The fourth-order valence-corrected chi connectivity index (χ4v) is 4.00. The number of hydrogen-bond acceptors (Lipinski definition) is 5. The second-order valence-electron chi connectivity index (χ2n) is 8.54. The largest absolute Gasteiger partial charge is 0.497 e. The highest BCUT2D eigenvalue weighted by atomic mass is 16.5. The van der Waals surface area contributed by atoms with Gasteiger partial charge < -0.3 is 14.4 Å². The van der Waals surface area contributed by atoms with Crippen LogP contribution in [0.15, 0.2) is 48.5 Å². The SMILES string of the molecule is CCOC(=O)c1ccc(CCN(C)CCCC(C#N)(c2cccc(OC)c2)C(C)C)cc1. The molecule has 0 aromatic heterocycles. The van der Waals surface area contributed by atoms with E-state index in [1.165, 1.54) is 5.56 Å². The number of methoxy groups -OCH3 is 1. The Morgan fingerprint density at radius 2 is 1.88 bits per heavy atom. The molecule has 5 nitrogen and oxygen atoms in total. The molecule has 0 fully saturated rings. The Morgan fingerprint density at radius 3 is 2.47 bits per heavy atom. The fraction of sp³-hybridized carbons (Fsp3) is 0.481. The van der Waals surface area contributed by atoms with E-state index in [2.05, 4.69) is 31.9 Å². The maximum absolute atomic E-state index is 11.8. The zero-order chi connectivity index (χ0) is 23.6. The average molecular weight is 437 g/mol. The van der Waals surface area contributed by atoms with Gasteiger partial charge in [0.15, 0.2) is 0 Å². The van der Waals surface area contributed by atoms with Crippen LogP contribution < -0.4 is 4.74 Å². The minimum atomic E-state index is -0.529. The van der Waals surface area contributed by atoms with Crippen molar-refractivity contribution in [3.63, 3.8) is 0 Å². The molecular formula is C27H36N2O3. The van der Waals surface area contributed by atoms with E-state index in [1.54, 1.807) is 14.0 Å². The third kappa shape index (κ3) is 6.58. The summed E-state index contributed by atoms with van der Waals surface area (Å²) in [6.45, 7) is 8.26. The maximum atomic E-state index is 11.8. The predicted octanol–water partition coefficient (Wildman–Crippen LogP) is 5.24. The van der Waals surface area contributed by atoms with E-state index in [9.17, 15) is 10.1 Å². The fourth-order valence-electron chi connectivity index (χ4n) is 4.00. The molecule has 0 amide bonds. The first-order chi connectivity index (χ1) is 15.4. The lowest BCUT2D eigenvalue weighted by atomic mass is 9.70. The lowest BCUT2D eigenvalue weighted by Crippen LogP contribution is -2.32. The van der Waals surface area contributed by atoms with Gasteiger partial charge in [0.2, 0.25) is 0 Å². The first-order valence-electron chi connectivity index (χ1n) is 11.4. The number of rotatable bonds is 12. The molecule has 0 spiro atoms. The van der Waals surface area contributed by atoms with E-state index in [0.29, 0.717) is 12.2 Å². The predicted molar refractivity (Wildman–Crippen MR) is 128 cm³/mol. The van der Waals surface area contributed by atoms with E-state index in [4.69, 9.17) is 9.47 Å². The third-order valence-corrected chi connectivity index (χ3v) is 6.13. The van der Waals surface area contributed by atoms with Crippen molar-refractivity contribution in [1.82, 2.24) is 4.90 Å². The van der Waals surface area contributed by atoms with E-state index < -0.39 is 5.41 Å². The van der Waals surface area contributed by atoms with Gasteiger partial charge in [0.1, 0.15) is 5.75 Å². The van der Waals surface area contributed by atoms with Crippen LogP contribution in [0.5, 0.6) is 5.75 Å². The molecule has 0 aliphatic heterocycles. The molecular weight excluding hydrogens is 400 g/mol. The van der Waals surface area contributed by atoms with Gasteiger partial charge in [-0.1, -0.05) is 38.1 Å². The lowest BCUT2D eigenvalue weighted by Gasteiger charge is -2.32. The quantitative estimate of drug-likeness (QED) is 0.426. The zero-order valence-electron chi connectivity index (χ0n) is 20.1. The van der Waals surface area contributed by atoms with Gasteiger partial charge in [-0.05, 0) is 81.1 Å². The number of hydrogen-bond donors (Lipinski definition) is 0. The summed E-state index contributed by atoms with van der Waals surface area (Å²) < 4.78 is 10.4. The standard InChI is InChI=1S/C27H36N2O3/c1-6-32-26(30)23-13-11-22(12-14-23)15-18-29(4)17-8-16-27(20-28,21(2)3)24-9-7-10-25(19-24)31-5/h7,9-14,19,21H,6,8,15-18H2,1-5H3. The number of nitrogens with zero attached hydrogens (tertiary/aromatic N) is 2. The summed E-state index contributed by atoms with van der Waals surface area (Å²) in [7, 11) is 3.77. The molecule has 0 N–H and O–H groups in total. The molecule has 172 valence electrons. The average Bonchev–Trinajstić information content (AvgIpc) is 2.81. The van der Waals surface area contributed by atoms with Crippen molar-refractivity contribution in [1.29, 1.82) is 5.26 Å². The lowest BCUT2D eigenvalue weighted by molar-refractivity contribution is 0.0526. The normalized spacial score (nSPS) is 12.9. The second-order valence-corrected chi connectivity index (χ2v) is 8.54. The van der Waals surface area contributed by atoms with Crippen LogP contribution in [-0.4, -0.2) is 44.7 Å². The Labute approximate surface area is 193 Å². The number of likely N-dealkylation sites (N-methyl/N-ethyl adjacent to an activating group) is 1. The first-order valence-corrected chi connectivity index (χ1v) is 11.4. The number of benzene rings is 2. The van der Waals surface area contributed by atoms with Gasteiger partial charge in [0.25, 0.3) is 0 Å². The van der Waals surface area contributed by atoms with Gasteiger partial charge in [0, 0.05) is 6.54 Å².